The standard InChI is InChI=1S/C11H20FN/c1-10(2,12)9(8-3-4-8)7-11(13)5-6-11/h8-9H,3-7,13H2,1-2H3. The van der Waals surface area contributed by atoms with E-state index >= 15 is 0 Å². The van der Waals surface area contributed by atoms with Gasteiger partial charge in [-0.2, -0.15) is 0 Å². The van der Waals surface area contributed by atoms with Crippen molar-refractivity contribution in [1.29, 1.82) is 0 Å². The van der Waals surface area contributed by atoms with Crippen molar-refractivity contribution in [2.75, 3.05) is 0 Å². The second-order valence-electron chi connectivity index (χ2n) is 5.57. The van der Waals surface area contributed by atoms with Gasteiger partial charge < -0.3 is 5.73 Å². The number of nitrogens with two attached hydrogens (primary N) is 1. The molecule has 0 aromatic carbocycles. The molecule has 0 aromatic heterocycles. The van der Waals surface area contributed by atoms with Gasteiger partial charge in [0.2, 0.25) is 0 Å². The fourth-order valence-corrected chi connectivity index (χ4v) is 2.27. The Bertz CT molecular complexity index is 199. The number of rotatable bonds is 4. The molecule has 1 nitrogen and oxygen atoms in total. The van der Waals surface area contributed by atoms with E-state index in [2.05, 4.69) is 0 Å². The molecule has 0 radical (unpaired) electrons. The van der Waals surface area contributed by atoms with Crippen molar-refractivity contribution in [1.82, 2.24) is 0 Å². The number of hydrogen-bond donors (Lipinski definition) is 1. The lowest BCUT2D eigenvalue weighted by Gasteiger charge is -2.29. The zero-order valence-electron chi connectivity index (χ0n) is 8.65. The van der Waals surface area contributed by atoms with Gasteiger partial charge in [-0.25, -0.2) is 4.39 Å². The molecule has 0 bridgehead atoms. The molecular weight excluding hydrogens is 165 g/mol. The Morgan fingerprint density at radius 1 is 1.46 bits per heavy atom. The lowest BCUT2D eigenvalue weighted by Crippen LogP contribution is -2.35. The van der Waals surface area contributed by atoms with Crippen molar-refractivity contribution in [3.05, 3.63) is 0 Å². The Balaban J connectivity index is 1.97. The molecule has 1 atom stereocenters. The van der Waals surface area contributed by atoms with E-state index in [4.69, 9.17) is 5.73 Å². The first-order valence-corrected chi connectivity index (χ1v) is 5.39. The van der Waals surface area contributed by atoms with Gasteiger partial charge in [0.25, 0.3) is 0 Å². The Kier molecular flexibility index (Phi) is 1.96. The Hall–Kier alpha value is -0.110. The topological polar surface area (TPSA) is 26.0 Å². The largest absolute Gasteiger partial charge is 0.325 e. The van der Waals surface area contributed by atoms with E-state index in [0.717, 1.165) is 19.3 Å². The maximum Gasteiger partial charge on any atom is 0.108 e. The monoisotopic (exact) mass is 185 g/mol. The highest BCUT2D eigenvalue weighted by Gasteiger charge is 2.48. The lowest BCUT2D eigenvalue weighted by molar-refractivity contribution is 0.0930. The van der Waals surface area contributed by atoms with Crippen molar-refractivity contribution in [2.24, 2.45) is 17.6 Å². The molecule has 0 aromatic rings. The van der Waals surface area contributed by atoms with E-state index < -0.39 is 5.67 Å². The summed E-state index contributed by atoms with van der Waals surface area (Å²) in [4.78, 5) is 0. The maximum absolute atomic E-state index is 13.8. The van der Waals surface area contributed by atoms with Crippen LogP contribution in [0.1, 0.15) is 46.0 Å². The zero-order valence-corrected chi connectivity index (χ0v) is 8.65. The van der Waals surface area contributed by atoms with Crippen LogP contribution in [0.4, 0.5) is 4.39 Å². The van der Waals surface area contributed by atoms with Crippen LogP contribution in [0.5, 0.6) is 0 Å². The van der Waals surface area contributed by atoms with E-state index in [9.17, 15) is 4.39 Å². The summed E-state index contributed by atoms with van der Waals surface area (Å²) in [7, 11) is 0. The fourth-order valence-electron chi connectivity index (χ4n) is 2.27. The summed E-state index contributed by atoms with van der Waals surface area (Å²) in [5.74, 6) is 0.834. The zero-order chi connectivity index (χ0) is 9.69. The molecule has 2 rings (SSSR count). The Morgan fingerprint density at radius 2 is 2.00 bits per heavy atom. The quantitative estimate of drug-likeness (QED) is 0.716. The van der Waals surface area contributed by atoms with Crippen LogP contribution in [0.2, 0.25) is 0 Å². The van der Waals surface area contributed by atoms with Crippen molar-refractivity contribution in [3.63, 3.8) is 0 Å². The van der Waals surface area contributed by atoms with Crippen LogP contribution in [0.25, 0.3) is 0 Å². The maximum atomic E-state index is 13.8. The van der Waals surface area contributed by atoms with Crippen molar-refractivity contribution >= 4 is 0 Å². The van der Waals surface area contributed by atoms with Crippen LogP contribution in [-0.2, 0) is 0 Å². The van der Waals surface area contributed by atoms with Crippen LogP contribution in [0, 0.1) is 11.8 Å². The summed E-state index contributed by atoms with van der Waals surface area (Å²) < 4.78 is 13.8. The van der Waals surface area contributed by atoms with E-state index in [-0.39, 0.29) is 11.5 Å². The van der Waals surface area contributed by atoms with E-state index in [1.165, 1.54) is 12.8 Å². The molecule has 0 amide bonds. The number of hydrogen-bond acceptors (Lipinski definition) is 1. The molecule has 0 saturated heterocycles. The molecule has 13 heavy (non-hydrogen) atoms. The molecule has 0 heterocycles. The Morgan fingerprint density at radius 3 is 2.31 bits per heavy atom. The molecule has 76 valence electrons. The van der Waals surface area contributed by atoms with E-state index in [0.29, 0.717) is 5.92 Å². The first-order valence-electron chi connectivity index (χ1n) is 5.39. The second-order valence-corrected chi connectivity index (χ2v) is 5.57. The highest BCUT2D eigenvalue weighted by atomic mass is 19.1. The van der Waals surface area contributed by atoms with E-state index in [1.54, 1.807) is 13.8 Å². The minimum atomic E-state index is -1.03. The highest BCUT2D eigenvalue weighted by Crippen LogP contribution is 2.50. The molecular formula is C11H20FN. The normalized spacial score (nSPS) is 28.6. The summed E-state index contributed by atoms with van der Waals surface area (Å²) in [5, 5.41) is 0. The van der Waals surface area contributed by atoms with Crippen LogP contribution >= 0.6 is 0 Å². The molecule has 1 unspecified atom stereocenters. The average Bonchev–Trinajstić information content (AvgIpc) is 2.77. The third kappa shape index (κ3) is 2.22. The summed E-state index contributed by atoms with van der Waals surface area (Å²) in [6.45, 7) is 3.42. The van der Waals surface area contributed by atoms with Crippen LogP contribution < -0.4 is 5.73 Å². The van der Waals surface area contributed by atoms with Crippen molar-refractivity contribution in [3.8, 4) is 0 Å². The van der Waals surface area contributed by atoms with Gasteiger partial charge in [0.05, 0.1) is 0 Å². The Labute approximate surface area is 79.9 Å². The summed E-state index contributed by atoms with van der Waals surface area (Å²) in [5.41, 5.74) is 5.02. The molecule has 2 fully saturated rings. The first-order chi connectivity index (χ1) is 5.91. The molecule has 2 aliphatic rings. The summed E-state index contributed by atoms with van der Waals surface area (Å²) in [6.07, 6.45) is 5.54. The molecule has 0 spiro atoms. The SMILES string of the molecule is CC(C)(F)C(CC1(N)CC1)C1CC1. The van der Waals surface area contributed by atoms with Gasteiger partial charge >= 0.3 is 0 Å². The minimum absolute atomic E-state index is 0.0105. The van der Waals surface area contributed by atoms with Crippen LogP contribution in [0.3, 0.4) is 0 Å². The molecule has 2 saturated carbocycles. The minimum Gasteiger partial charge on any atom is -0.325 e. The predicted octanol–water partition coefficient (Wildman–Crippen LogP) is 2.64. The van der Waals surface area contributed by atoms with Gasteiger partial charge in [0, 0.05) is 5.54 Å². The van der Waals surface area contributed by atoms with Crippen molar-refractivity contribution in [2.45, 2.75) is 57.2 Å². The first kappa shape index (κ1) is 9.45. The van der Waals surface area contributed by atoms with Crippen LogP contribution in [-0.4, -0.2) is 11.2 Å². The number of alkyl halides is 1. The molecule has 0 aliphatic heterocycles. The highest BCUT2D eigenvalue weighted by molar-refractivity contribution is 5.04. The second kappa shape index (κ2) is 2.69. The third-order valence-corrected chi connectivity index (χ3v) is 3.59. The van der Waals surface area contributed by atoms with Gasteiger partial charge in [-0.05, 0) is 57.8 Å². The van der Waals surface area contributed by atoms with Gasteiger partial charge in [0.15, 0.2) is 0 Å². The predicted molar refractivity (Wildman–Crippen MR) is 52.2 cm³/mol. The lowest BCUT2D eigenvalue weighted by atomic mass is 9.82. The van der Waals surface area contributed by atoms with Gasteiger partial charge in [-0.3, -0.25) is 0 Å². The molecule has 2 aliphatic carbocycles. The van der Waals surface area contributed by atoms with Gasteiger partial charge in [-0.15, -0.1) is 0 Å². The smallest absolute Gasteiger partial charge is 0.108 e. The number of halogens is 1. The van der Waals surface area contributed by atoms with Crippen molar-refractivity contribution < 1.29 is 4.39 Å². The fraction of sp³-hybridized carbons (Fsp3) is 1.00. The third-order valence-electron chi connectivity index (χ3n) is 3.59. The van der Waals surface area contributed by atoms with Gasteiger partial charge in [0.1, 0.15) is 5.67 Å². The summed E-state index contributed by atoms with van der Waals surface area (Å²) in [6, 6.07) is 0. The summed E-state index contributed by atoms with van der Waals surface area (Å²) >= 11 is 0. The molecule has 2 N–H and O–H groups in total. The average molecular weight is 185 g/mol. The molecule has 2 heteroatoms. The van der Waals surface area contributed by atoms with E-state index in [1.807, 2.05) is 0 Å². The van der Waals surface area contributed by atoms with Crippen LogP contribution in [0.15, 0.2) is 0 Å². The van der Waals surface area contributed by atoms with Gasteiger partial charge in [-0.1, -0.05) is 0 Å².